The predicted octanol–water partition coefficient (Wildman–Crippen LogP) is 0.159. The molecule has 0 aromatic heterocycles. The van der Waals surface area contributed by atoms with Gasteiger partial charge in [0.05, 0.1) is 11.4 Å². The van der Waals surface area contributed by atoms with Crippen molar-refractivity contribution in [2.75, 3.05) is 13.6 Å². The number of carbonyl (C=O) groups is 2. The van der Waals surface area contributed by atoms with Gasteiger partial charge in [0.25, 0.3) is 5.91 Å². The van der Waals surface area contributed by atoms with Crippen molar-refractivity contribution < 1.29 is 26.8 Å². The summed E-state index contributed by atoms with van der Waals surface area (Å²) in [6.07, 6.45) is 0. The molecule has 0 aliphatic rings. The van der Waals surface area contributed by atoms with Crippen LogP contribution in [0.2, 0.25) is 0 Å². The molecule has 0 aliphatic heterocycles. The van der Waals surface area contributed by atoms with Gasteiger partial charge < -0.3 is 10.6 Å². The molecule has 2 N–H and O–H groups in total. The zero-order chi connectivity index (χ0) is 15.3. The highest BCUT2D eigenvalue weighted by atomic mass is 32.2. The Bertz CT molecular complexity index is 599. The first kappa shape index (κ1) is 16.0. The summed E-state index contributed by atoms with van der Waals surface area (Å²) in [5, 5.41) is 4.58. The Hall–Kier alpha value is -2.03. The van der Waals surface area contributed by atoms with Crippen molar-refractivity contribution in [3.63, 3.8) is 0 Å². The van der Waals surface area contributed by atoms with Crippen LogP contribution in [0.15, 0.2) is 29.2 Å². The van der Waals surface area contributed by atoms with E-state index in [-0.39, 0.29) is 12.1 Å². The first-order valence-electron chi connectivity index (χ1n) is 5.40. The van der Waals surface area contributed by atoms with Gasteiger partial charge in [-0.05, 0) is 24.3 Å². The summed E-state index contributed by atoms with van der Waals surface area (Å²) in [5.41, 5.74) is 0.0575. The summed E-state index contributed by atoms with van der Waals surface area (Å²) in [6.45, 7) is -0.244. The van der Waals surface area contributed by atoms with Gasteiger partial charge in [-0.25, -0.2) is 8.42 Å². The number of sulfone groups is 1. The van der Waals surface area contributed by atoms with Crippen LogP contribution < -0.4 is 10.6 Å². The molecule has 0 saturated heterocycles. The van der Waals surface area contributed by atoms with Crippen LogP contribution in [-0.4, -0.2) is 39.6 Å². The molecule has 0 fully saturated rings. The summed E-state index contributed by atoms with van der Waals surface area (Å²) in [7, 11) is -3.28. The average molecular weight is 306 g/mol. The van der Waals surface area contributed by atoms with Gasteiger partial charge in [-0.2, -0.15) is 8.78 Å². The van der Waals surface area contributed by atoms with E-state index in [9.17, 15) is 26.8 Å². The van der Waals surface area contributed by atoms with E-state index in [0.717, 1.165) is 24.3 Å². The zero-order valence-electron chi connectivity index (χ0n) is 10.4. The largest absolute Gasteiger partial charge is 0.358 e. The van der Waals surface area contributed by atoms with E-state index < -0.39 is 32.3 Å². The van der Waals surface area contributed by atoms with Crippen LogP contribution in [0.3, 0.4) is 0 Å². The van der Waals surface area contributed by atoms with Gasteiger partial charge in [-0.3, -0.25) is 9.59 Å². The van der Waals surface area contributed by atoms with E-state index in [2.05, 4.69) is 10.6 Å². The zero-order valence-corrected chi connectivity index (χ0v) is 11.2. The molecule has 1 aromatic rings. The van der Waals surface area contributed by atoms with E-state index in [1.54, 1.807) is 0 Å². The lowest BCUT2D eigenvalue weighted by molar-refractivity contribution is -0.119. The minimum Gasteiger partial charge on any atom is -0.358 e. The second kappa shape index (κ2) is 6.42. The number of likely N-dealkylation sites (N-methyl/N-ethyl adjacent to an activating group) is 1. The van der Waals surface area contributed by atoms with E-state index in [4.69, 9.17) is 0 Å². The fourth-order valence-corrected chi connectivity index (χ4v) is 1.97. The molecule has 9 heteroatoms. The summed E-state index contributed by atoms with van der Waals surface area (Å²) in [4.78, 5) is 21.9. The quantitative estimate of drug-likeness (QED) is 0.810. The highest BCUT2D eigenvalue weighted by molar-refractivity contribution is 7.91. The maximum Gasteiger partial charge on any atom is 0.341 e. The average Bonchev–Trinajstić information content (AvgIpc) is 2.44. The Morgan fingerprint density at radius 3 is 2.20 bits per heavy atom. The Morgan fingerprint density at radius 1 is 1.20 bits per heavy atom. The van der Waals surface area contributed by atoms with Gasteiger partial charge in [0, 0.05) is 12.6 Å². The van der Waals surface area contributed by atoms with Crippen LogP contribution in [0.25, 0.3) is 0 Å². The molecule has 110 valence electrons. The molecule has 0 bridgehead atoms. The molecule has 0 radical (unpaired) electrons. The normalized spacial score (nSPS) is 11.2. The number of carbonyl (C=O) groups excluding carboxylic acids is 2. The molecule has 0 heterocycles. The van der Waals surface area contributed by atoms with Gasteiger partial charge in [-0.1, -0.05) is 0 Å². The second-order valence-corrected chi connectivity index (χ2v) is 5.60. The molecule has 0 aliphatic carbocycles. The third-order valence-electron chi connectivity index (χ3n) is 2.37. The Kier molecular flexibility index (Phi) is 5.14. The molecule has 20 heavy (non-hydrogen) atoms. The van der Waals surface area contributed by atoms with Crippen LogP contribution in [0.1, 0.15) is 10.4 Å². The molecule has 0 saturated carbocycles. The lowest BCUT2D eigenvalue weighted by Gasteiger charge is -2.06. The van der Waals surface area contributed by atoms with E-state index in [0.29, 0.717) is 0 Å². The van der Waals surface area contributed by atoms with Gasteiger partial charge in [-0.15, -0.1) is 0 Å². The number of halogens is 2. The Labute approximate surface area is 114 Å². The van der Waals surface area contributed by atoms with Gasteiger partial charge >= 0.3 is 5.76 Å². The van der Waals surface area contributed by atoms with Crippen LogP contribution in [0, 0.1) is 0 Å². The number of amides is 2. The topological polar surface area (TPSA) is 92.3 Å². The molecule has 0 spiro atoms. The van der Waals surface area contributed by atoms with Crippen molar-refractivity contribution in [3.05, 3.63) is 29.8 Å². The van der Waals surface area contributed by atoms with Crippen molar-refractivity contribution in [3.8, 4) is 0 Å². The monoisotopic (exact) mass is 306 g/mol. The number of nitrogens with one attached hydrogen (secondary N) is 2. The molecule has 2 amide bonds. The number of alkyl halides is 2. The predicted molar refractivity (Wildman–Crippen MR) is 66.0 cm³/mol. The fourth-order valence-electron chi connectivity index (χ4n) is 1.25. The maximum absolute atomic E-state index is 12.3. The van der Waals surface area contributed by atoms with E-state index in [1.165, 1.54) is 7.05 Å². The Morgan fingerprint density at radius 2 is 1.75 bits per heavy atom. The standard InChI is InChI=1S/C11H12F2N2O4S/c1-14-9(16)6-15-10(17)7-2-4-8(5-3-7)20(18,19)11(12)13/h2-5,11H,6H2,1H3,(H,14,16)(H,15,17). The highest BCUT2D eigenvalue weighted by Crippen LogP contribution is 2.18. The van der Waals surface area contributed by atoms with Crippen LogP contribution in [-0.2, 0) is 14.6 Å². The SMILES string of the molecule is CNC(=O)CNC(=O)c1ccc(S(=O)(=O)C(F)F)cc1. The molecular weight excluding hydrogens is 294 g/mol. The van der Waals surface area contributed by atoms with Gasteiger partial charge in [0.2, 0.25) is 15.7 Å². The highest BCUT2D eigenvalue weighted by Gasteiger charge is 2.26. The third kappa shape index (κ3) is 3.73. The molecule has 1 aromatic carbocycles. The van der Waals surface area contributed by atoms with Crippen LogP contribution in [0.4, 0.5) is 8.78 Å². The van der Waals surface area contributed by atoms with E-state index >= 15 is 0 Å². The Balaban J connectivity index is 2.82. The van der Waals surface area contributed by atoms with Crippen molar-refractivity contribution >= 4 is 21.7 Å². The van der Waals surface area contributed by atoms with Crippen molar-refractivity contribution in [2.24, 2.45) is 0 Å². The minimum atomic E-state index is -4.68. The van der Waals surface area contributed by atoms with Crippen LogP contribution in [0.5, 0.6) is 0 Å². The molecular formula is C11H12F2N2O4S. The summed E-state index contributed by atoms with van der Waals surface area (Å²) < 4.78 is 46.9. The number of benzene rings is 1. The molecule has 6 nitrogen and oxygen atoms in total. The number of hydrogen-bond donors (Lipinski definition) is 2. The first-order valence-corrected chi connectivity index (χ1v) is 6.94. The molecule has 0 atom stereocenters. The minimum absolute atomic E-state index is 0.0575. The van der Waals surface area contributed by atoms with E-state index in [1.807, 2.05) is 0 Å². The third-order valence-corrected chi connectivity index (χ3v) is 3.77. The lowest BCUT2D eigenvalue weighted by Crippen LogP contribution is -2.35. The number of hydrogen-bond acceptors (Lipinski definition) is 4. The van der Waals surface area contributed by atoms with Gasteiger partial charge in [0.1, 0.15) is 0 Å². The summed E-state index contributed by atoms with van der Waals surface area (Å²) >= 11 is 0. The second-order valence-electron chi connectivity index (χ2n) is 3.69. The molecule has 0 unspecified atom stereocenters. The smallest absolute Gasteiger partial charge is 0.341 e. The van der Waals surface area contributed by atoms with Crippen LogP contribution >= 0.6 is 0 Å². The maximum atomic E-state index is 12.3. The summed E-state index contributed by atoms with van der Waals surface area (Å²) in [5.74, 6) is -4.54. The van der Waals surface area contributed by atoms with Crippen molar-refractivity contribution in [1.82, 2.24) is 10.6 Å². The van der Waals surface area contributed by atoms with Crippen molar-refractivity contribution in [2.45, 2.75) is 10.7 Å². The summed E-state index contributed by atoms with van der Waals surface area (Å²) in [6, 6.07) is 4.01. The van der Waals surface area contributed by atoms with Crippen molar-refractivity contribution in [1.29, 1.82) is 0 Å². The number of rotatable bonds is 5. The lowest BCUT2D eigenvalue weighted by atomic mass is 10.2. The fraction of sp³-hybridized carbons (Fsp3) is 0.273. The van der Waals surface area contributed by atoms with Gasteiger partial charge in [0.15, 0.2) is 0 Å². The molecule has 1 rings (SSSR count). The first-order chi connectivity index (χ1) is 9.28.